The maximum absolute atomic E-state index is 12.6. The molecule has 3 heterocycles. The van der Waals surface area contributed by atoms with Gasteiger partial charge in [-0.25, -0.2) is 0 Å². The molecule has 0 bridgehead atoms. The third-order valence-electron chi connectivity index (χ3n) is 5.80. The molecule has 1 aliphatic heterocycles. The van der Waals surface area contributed by atoms with Crippen LogP contribution >= 0.6 is 11.8 Å². The molecule has 0 atom stereocenters. The molecule has 6 nitrogen and oxygen atoms in total. The summed E-state index contributed by atoms with van der Waals surface area (Å²) in [5.41, 5.74) is 4.10. The molecule has 2 aromatic carbocycles. The van der Waals surface area contributed by atoms with Crippen LogP contribution in [-0.2, 0) is 12.3 Å². The van der Waals surface area contributed by atoms with Gasteiger partial charge in [0.25, 0.3) is 5.91 Å². The molecule has 166 valence electrons. The fourth-order valence-corrected chi connectivity index (χ4v) is 4.91. The van der Waals surface area contributed by atoms with Gasteiger partial charge in [0.1, 0.15) is 0 Å². The Morgan fingerprint density at radius 2 is 1.58 bits per heavy atom. The number of thioether (sulfide) groups is 1. The highest BCUT2D eigenvalue weighted by Crippen LogP contribution is 2.27. The van der Waals surface area contributed by atoms with Gasteiger partial charge in [-0.2, -0.15) is 0 Å². The van der Waals surface area contributed by atoms with E-state index in [0.717, 1.165) is 59.4 Å². The summed E-state index contributed by atoms with van der Waals surface area (Å²) in [6.45, 7) is 2.43. The number of rotatable bonds is 7. The first-order chi connectivity index (χ1) is 16.3. The first-order valence-electron chi connectivity index (χ1n) is 11.2. The van der Waals surface area contributed by atoms with Crippen LogP contribution in [-0.4, -0.2) is 43.6 Å². The average Bonchev–Trinajstić information content (AvgIpc) is 3.55. The Kier molecular flexibility index (Phi) is 6.48. The first-order valence-corrected chi connectivity index (χ1v) is 12.1. The molecule has 0 N–H and O–H groups in total. The highest BCUT2D eigenvalue weighted by Gasteiger charge is 2.19. The number of benzene rings is 2. The lowest BCUT2D eigenvalue weighted by atomic mass is 10.1. The van der Waals surface area contributed by atoms with Gasteiger partial charge >= 0.3 is 0 Å². The van der Waals surface area contributed by atoms with Crippen LogP contribution in [0.1, 0.15) is 34.3 Å². The van der Waals surface area contributed by atoms with Gasteiger partial charge in [-0.1, -0.05) is 54.2 Å². The van der Waals surface area contributed by atoms with Gasteiger partial charge in [0.2, 0.25) is 0 Å². The molecule has 1 amide bonds. The zero-order chi connectivity index (χ0) is 22.5. The summed E-state index contributed by atoms with van der Waals surface area (Å²) in [6.07, 6.45) is 5.75. The van der Waals surface area contributed by atoms with Crippen molar-refractivity contribution in [3.05, 3.63) is 95.8 Å². The number of likely N-dealkylation sites (tertiary alicyclic amines) is 1. The van der Waals surface area contributed by atoms with Crippen molar-refractivity contribution >= 4 is 17.7 Å². The van der Waals surface area contributed by atoms with Crippen molar-refractivity contribution in [1.29, 1.82) is 0 Å². The van der Waals surface area contributed by atoms with E-state index in [0.29, 0.717) is 6.54 Å². The van der Waals surface area contributed by atoms with Gasteiger partial charge in [0, 0.05) is 42.4 Å². The smallest absolute Gasteiger partial charge is 0.253 e. The largest absolute Gasteiger partial charge is 0.339 e. The van der Waals surface area contributed by atoms with E-state index in [2.05, 4.69) is 31.9 Å². The summed E-state index contributed by atoms with van der Waals surface area (Å²) in [7, 11) is 0. The number of amides is 1. The monoisotopic (exact) mass is 455 g/mol. The quantitative estimate of drug-likeness (QED) is 0.370. The minimum atomic E-state index is 0.135. The number of pyridine rings is 1. The zero-order valence-corrected chi connectivity index (χ0v) is 19.1. The van der Waals surface area contributed by atoms with Crippen molar-refractivity contribution in [2.24, 2.45) is 0 Å². The summed E-state index contributed by atoms with van der Waals surface area (Å²) in [6, 6.07) is 22.2. The molecule has 1 aliphatic rings. The van der Waals surface area contributed by atoms with E-state index < -0.39 is 0 Å². The normalized spacial score (nSPS) is 13.4. The van der Waals surface area contributed by atoms with Crippen molar-refractivity contribution in [1.82, 2.24) is 24.6 Å². The molecule has 7 heteroatoms. The van der Waals surface area contributed by atoms with Crippen LogP contribution in [0.2, 0.25) is 0 Å². The van der Waals surface area contributed by atoms with Crippen molar-refractivity contribution < 1.29 is 4.79 Å². The summed E-state index contributed by atoms with van der Waals surface area (Å²) in [4.78, 5) is 18.7. The lowest BCUT2D eigenvalue weighted by Crippen LogP contribution is -2.27. The summed E-state index contributed by atoms with van der Waals surface area (Å²) in [5, 5.41) is 9.85. The molecule has 2 aromatic heterocycles. The minimum absolute atomic E-state index is 0.135. The molecule has 0 radical (unpaired) electrons. The topological polar surface area (TPSA) is 63.9 Å². The van der Waals surface area contributed by atoms with E-state index >= 15 is 0 Å². The molecule has 4 aromatic rings. The highest BCUT2D eigenvalue weighted by atomic mass is 32.2. The van der Waals surface area contributed by atoms with Crippen LogP contribution < -0.4 is 0 Å². The van der Waals surface area contributed by atoms with Gasteiger partial charge in [-0.15, -0.1) is 10.2 Å². The van der Waals surface area contributed by atoms with Crippen LogP contribution in [0, 0.1) is 0 Å². The summed E-state index contributed by atoms with van der Waals surface area (Å²) in [5.74, 6) is 1.72. The van der Waals surface area contributed by atoms with E-state index in [4.69, 9.17) is 0 Å². The minimum Gasteiger partial charge on any atom is -0.339 e. The Hall–Kier alpha value is -3.45. The number of nitrogens with zero attached hydrogens (tertiary/aromatic N) is 5. The average molecular weight is 456 g/mol. The Labute approximate surface area is 197 Å². The van der Waals surface area contributed by atoms with E-state index in [-0.39, 0.29) is 5.91 Å². The number of hydrogen-bond donors (Lipinski definition) is 0. The molecule has 0 aliphatic carbocycles. The molecular formula is C26H25N5OS. The Bertz CT molecular complexity index is 1200. The second-order valence-electron chi connectivity index (χ2n) is 8.10. The van der Waals surface area contributed by atoms with Crippen LogP contribution in [0.25, 0.3) is 11.4 Å². The Morgan fingerprint density at radius 3 is 2.30 bits per heavy atom. The van der Waals surface area contributed by atoms with Crippen LogP contribution in [0.4, 0.5) is 0 Å². The molecule has 0 unspecified atom stereocenters. The Morgan fingerprint density at radius 1 is 0.848 bits per heavy atom. The van der Waals surface area contributed by atoms with E-state index in [1.807, 2.05) is 59.5 Å². The lowest BCUT2D eigenvalue weighted by Gasteiger charge is -2.15. The molecule has 0 saturated carbocycles. The standard InChI is InChI=1S/C26H25N5OS/c32-25(30-16-4-5-17-30)23-10-8-21(9-11-23)19-33-26-29-28-24(22-12-14-27-15-13-22)31(26)18-20-6-2-1-3-7-20/h1-3,6-15H,4-5,16-19H2. The van der Waals surface area contributed by atoms with Gasteiger partial charge in [-0.3, -0.25) is 14.3 Å². The van der Waals surface area contributed by atoms with Crippen LogP contribution in [0.3, 0.4) is 0 Å². The molecule has 33 heavy (non-hydrogen) atoms. The molecule has 0 spiro atoms. The fraction of sp³-hybridized carbons (Fsp3) is 0.231. The Balaban J connectivity index is 1.34. The first kappa shape index (κ1) is 21.4. The summed E-state index contributed by atoms with van der Waals surface area (Å²) >= 11 is 1.65. The van der Waals surface area contributed by atoms with Crippen molar-refractivity contribution in [2.45, 2.75) is 30.3 Å². The SMILES string of the molecule is O=C(c1ccc(CSc2nnc(-c3ccncc3)n2Cc2ccccc2)cc1)N1CCCC1. The van der Waals surface area contributed by atoms with Crippen molar-refractivity contribution in [2.75, 3.05) is 13.1 Å². The predicted octanol–water partition coefficient (Wildman–Crippen LogP) is 4.92. The van der Waals surface area contributed by atoms with E-state index in [1.54, 1.807) is 24.2 Å². The number of carbonyl (C=O) groups excluding carboxylic acids is 1. The predicted molar refractivity (Wildman–Crippen MR) is 130 cm³/mol. The van der Waals surface area contributed by atoms with Gasteiger partial charge in [0.15, 0.2) is 11.0 Å². The zero-order valence-electron chi connectivity index (χ0n) is 18.3. The molecule has 1 saturated heterocycles. The third kappa shape index (κ3) is 4.98. The van der Waals surface area contributed by atoms with Crippen LogP contribution in [0.5, 0.6) is 0 Å². The fourth-order valence-electron chi connectivity index (χ4n) is 4.01. The van der Waals surface area contributed by atoms with Crippen LogP contribution in [0.15, 0.2) is 84.3 Å². The van der Waals surface area contributed by atoms with Gasteiger partial charge in [0.05, 0.1) is 6.54 Å². The van der Waals surface area contributed by atoms with Gasteiger partial charge < -0.3 is 4.90 Å². The number of carbonyl (C=O) groups is 1. The second-order valence-corrected chi connectivity index (χ2v) is 9.04. The highest BCUT2D eigenvalue weighted by molar-refractivity contribution is 7.98. The molecule has 5 rings (SSSR count). The molecular weight excluding hydrogens is 430 g/mol. The van der Waals surface area contributed by atoms with Crippen molar-refractivity contribution in [3.63, 3.8) is 0 Å². The van der Waals surface area contributed by atoms with Crippen molar-refractivity contribution in [3.8, 4) is 11.4 Å². The number of hydrogen-bond acceptors (Lipinski definition) is 5. The maximum Gasteiger partial charge on any atom is 0.253 e. The maximum atomic E-state index is 12.6. The van der Waals surface area contributed by atoms with E-state index in [1.165, 1.54) is 5.56 Å². The second kappa shape index (κ2) is 10.0. The van der Waals surface area contributed by atoms with E-state index in [9.17, 15) is 4.79 Å². The summed E-state index contributed by atoms with van der Waals surface area (Å²) < 4.78 is 2.15. The lowest BCUT2D eigenvalue weighted by molar-refractivity contribution is 0.0793. The third-order valence-corrected chi connectivity index (χ3v) is 6.84. The number of aromatic nitrogens is 4. The van der Waals surface area contributed by atoms with Gasteiger partial charge in [-0.05, 0) is 48.2 Å². The molecule has 1 fully saturated rings.